The highest BCUT2D eigenvalue weighted by Gasteiger charge is 2.23. The summed E-state index contributed by atoms with van der Waals surface area (Å²) >= 11 is 0. The van der Waals surface area contributed by atoms with Gasteiger partial charge in [-0.3, -0.25) is 4.79 Å². The van der Waals surface area contributed by atoms with Crippen molar-refractivity contribution in [2.45, 2.75) is 32.3 Å². The number of carbonyl (C=O) groups excluding carboxylic acids is 1. The van der Waals surface area contributed by atoms with Crippen molar-refractivity contribution in [2.24, 2.45) is 0 Å². The van der Waals surface area contributed by atoms with Crippen molar-refractivity contribution in [3.63, 3.8) is 0 Å². The maximum Gasteiger partial charge on any atom is 0.255 e. The lowest BCUT2D eigenvalue weighted by molar-refractivity contribution is 0.0478. The van der Waals surface area contributed by atoms with Crippen LogP contribution in [0.1, 0.15) is 36.2 Å². The number of carbonyl (C=O) groups is 1. The van der Waals surface area contributed by atoms with Gasteiger partial charge in [0.25, 0.3) is 5.91 Å². The molecule has 0 fully saturated rings. The zero-order valence-electron chi connectivity index (χ0n) is 16.4. The highest BCUT2D eigenvalue weighted by molar-refractivity contribution is 6.09. The number of aliphatic hydroxyl groups is 1. The molecule has 0 saturated carbocycles. The van der Waals surface area contributed by atoms with Gasteiger partial charge in [0.15, 0.2) is 0 Å². The number of hydrogen-bond acceptors (Lipinski definition) is 3. The second-order valence-corrected chi connectivity index (χ2v) is 7.26. The van der Waals surface area contributed by atoms with Crippen LogP contribution in [0.25, 0.3) is 10.8 Å². The summed E-state index contributed by atoms with van der Waals surface area (Å²) in [5.41, 5.74) is 0.683. The Hall–Kier alpha value is -2.85. The molecule has 2 N–H and O–H groups in total. The van der Waals surface area contributed by atoms with Gasteiger partial charge in [-0.05, 0) is 49.1 Å². The van der Waals surface area contributed by atoms with Crippen LogP contribution >= 0.6 is 0 Å². The van der Waals surface area contributed by atoms with Gasteiger partial charge in [0, 0.05) is 6.54 Å². The molecular weight excluding hydrogens is 350 g/mol. The molecule has 3 rings (SSSR count). The first-order valence-corrected chi connectivity index (χ1v) is 9.69. The van der Waals surface area contributed by atoms with E-state index in [1.54, 1.807) is 6.92 Å². The first-order chi connectivity index (χ1) is 13.5. The van der Waals surface area contributed by atoms with Gasteiger partial charge >= 0.3 is 0 Å². The highest BCUT2D eigenvalue weighted by atomic mass is 16.5. The van der Waals surface area contributed by atoms with Gasteiger partial charge in [0.1, 0.15) is 5.75 Å². The Kier molecular flexibility index (Phi) is 6.32. The minimum absolute atomic E-state index is 0.174. The zero-order valence-corrected chi connectivity index (χ0v) is 16.4. The molecule has 4 heteroatoms. The molecule has 0 spiro atoms. The number of ether oxygens (including phenoxy) is 1. The number of benzene rings is 3. The molecule has 0 aromatic heterocycles. The second-order valence-electron chi connectivity index (χ2n) is 7.26. The van der Waals surface area contributed by atoms with Crippen molar-refractivity contribution in [2.75, 3.05) is 13.2 Å². The van der Waals surface area contributed by atoms with Crippen LogP contribution in [-0.4, -0.2) is 29.8 Å². The van der Waals surface area contributed by atoms with Gasteiger partial charge in [-0.1, -0.05) is 60.7 Å². The van der Waals surface area contributed by atoms with E-state index < -0.39 is 5.60 Å². The monoisotopic (exact) mass is 377 g/mol. The normalized spacial score (nSPS) is 13.1. The van der Waals surface area contributed by atoms with Crippen LogP contribution in [0.5, 0.6) is 5.75 Å². The van der Waals surface area contributed by atoms with Crippen LogP contribution in [0, 0.1) is 0 Å². The number of amides is 1. The Labute approximate surface area is 166 Å². The Balaban J connectivity index is 1.72. The largest absolute Gasteiger partial charge is 0.493 e. The van der Waals surface area contributed by atoms with Crippen molar-refractivity contribution in [1.82, 2.24) is 5.32 Å². The van der Waals surface area contributed by atoms with E-state index >= 15 is 0 Å². The predicted octanol–water partition coefficient (Wildman–Crippen LogP) is 4.35. The average Bonchev–Trinajstić information content (AvgIpc) is 2.71. The van der Waals surface area contributed by atoms with Crippen LogP contribution in [0.4, 0.5) is 0 Å². The summed E-state index contributed by atoms with van der Waals surface area (Å²) < 4.78 is 5.68. The fourth-order valence-electron chi connectivity index (χ4n) is 3.27. The molecular formula is C24H27NO3. The van der Waals surface area contributed by atoms with Crippen molar-refractivity contribution in [3.05, 3.63) is 77.9 Å². The van der Waals surface area contributed by atoms with E-state index in [-0.39, 0.29) is 12.5 Å². The van der Waals surface area contributed by atoms with E-state index in [1.807, 2.05) is 73.7 Å². The summed E-state index contributed by atoms with van der Waals surface area (Å²) in [5, 5.41) is 15.4. The molecule has 0 radical (unpaired) electrons. The minimum atomic E-state index is -0.998. The standard InChI is InChI=1S/C24H27NO3/c1-3-28-21-14-13-19-11-7-8-12-20(19)22(21)23(26)25-17-24(2,27)16-15-18-9-5-4-6-10-18/h4-14,27H,3,15-17H2,1-2H3,(H,25,26)/t24-/m0/s1. The Bertz CT molecular complexity index is 935. The summed E-state index contributed by atoms with van der Waals surface area (Å²) in [6, 6.07) is 21.5. The molecule has 0 aliphatic carbocycles. The third-order valence-corrected chi connectivity index (χ3v) is 4.84. The predicted molar refractivity (Wildman–Crippen MR) is 113 cm³/mol. The van der Waals surface area contributed by atoms with Gasteiger partial charge in [0.05, 0.1) is 17.8 Å². The number of nitrogens with one attached hydrogen (secondary N) is 1. The van der Waals surface area contributed by atoms with Crippen molar-refractivity contribution < 1.29 is 14.6 Å². The third-order valence-electron chi connectivity index (χ3n) is 4.84. The molecule has 4 nitrogen and oxygen atoms in total. The quantitative estimate of drug-likeness (QED) is 0.613. The lowest BCUT2D eigenvalue weighted by Crippen LogP contribution is -2.41. The molecule has 0 saturated heterocycles. The van der Waals surface area contributed by atoms with E-state index in [4.69, 9.17) is 4.74 Å². The van der Waals surface area contributed by atoms with Crippen LogP contribution in [0.3, 0.4) is 0 Å². The summed E-state index contributed by atoms with van der Waals surface area (Å²) in [4.78, 5) is 13.0. The maximum atomic E-state index is 13.0. The summed E-state index contributed by atoms with van der Waals surface area (Å²) in [7, 11) is 0. The van der Waals surface area contributed by atoms with Gasteiger partial charge in [-0.25, -0.2) is 0 Å². The molecule has 1 atom stereocenters. The van der Waals surface area contributed by atoms with Crippen LogP contribution in [0.15, 0.2) is 66.7 Å². The lowest BCUT2D eigenvalue weighted by atomic mass is 9.96. The summed E-state index contributed by atoms with van der Waals surface area (Å²) in [6.45, 7) is 4.30. The highest BCUT2D eigenvalue weighted by Crippen LogP contribution is 2.28. The molecule has 3 aromatic carbocycles. The average molecular weight is 377 g/mol. The first-order valence-electron chi connectivity index (χ1n) is 9.69. The third kappa shape index (κ3) is 4.90. The van der Waals surface area contributed by atoms with Gasteiger partial charge in [-0.2, -0.15) is 0 Å². The molecule has 146 valence electrons. The molecule has 0 bridgehead atoms. The zero-order chi connectivity index (χ0) is 20.0. The molecule has 0 heterocycles. The SMILES string of the molecule is CCOc1ccc2ccccc2c1C(=O)NC[C@@](C)(O)CCc1ccccc1. The van der Waals surface area contributed by atoms with E-state index in [0.717, 1.165) is 17.2 Å². The fraction of sp³-hybridized carbons (Fsp3) is 0.292. The molecule has 0 aliphatic heterocycles. The Morgan fingerprint density at radius 3 is 2.50 bits per heavy atom. The van der Waals surface area contributed by atoms with Crippen molar-refractivity contribution >= 4 is 16.7 Å². The van der Waals surface area contributed by atoms with E-state index in [2.05, 4.69) is 5.32 Å². The lowest BCUT2D eigenvalue weighted by Gasteiger charge is -2.24. The minimum Gasteiger partial charge on any atom is -0.493 e. The number of aryl methyl sites for hydroxylation is 1. The summed E-state index contributed by atoms with van der Waals surface area (Å²) in [6.07, 6.45) is 1.31. The topological polar surface area (TPSA) is 58.6 Å². The molecule has 28 heavy (non-hydrogen) atoms. The summed E-state index contributed by atoms with van der Waals surface area (Å²) in [5.74, 6) is 0.322. The van der Waals surface area contributed by atoms with E-state index in [0.29, 0.717) is 24.3 Å². The maximum absolute atomic E-state index is 13.0. The molecule has 0 aliphatic rings. The number of hydrogen-bond donors (Lipinski definition) is 2. The number of rotatable bonds is 8. The molecule has 0 unspecified atom stereocenters. The van der Waals surface area contributed by atoms with E-state index in [1.165, 1.54) is 5.56 Å². The van der Waals surface area contributed by atoms with Crippen LogP contribution < -0.4 is 10.1 Å². The first kappa shape index (κ1) is 19.9. The number of fused-ring (bicyclic) bond motifs is 1. The van der Waals surface area contributed by atoms with Crippen molar-refractivity contribution in [1.29, 1.82) is 0 Å². The van der Waals surface area contributed by atoms with Gasteiger partial charge in [-0.15, -0.1) is 0 Å². The smallest absolute Gasteiger partial charge is 0.255 e. The Morgan fingerprint density at radius 1 is 1.04 bits per heavy atom. The Morgan fingerprint density at radius 2 is 1.75 bits per heavy atom. The van der Waals surface area contributed by atoms with Gasteiger partial charge < -0.3 is 15.2 Å². The molecule has 3 aromatic rings. The van der Waals surface area contributed by atoms with Crippen LogP contribution in [-0.2, 0) is 6.42 Å². The van der Waals surface area contributed by atoms with Crippen LogP contribution in [0.2, 0.25) is 0 Å². The second kappa shape index (κ2) is 8.89. The van der Waals surface area contributed by atoms with E-state index in [9.17, 15) is 9.90 Å². The fourth-order valence-corrected chi connectivity index (χ4v) is 3.27. The van der Waals surface area contributed by atoms with Crippen molar-refractivity contribution in [3.8, 4) is 5.75 Å². The molecule has 1 amide bonds. The van der Waals surface area contributed by atoms with Gasteiger partial charge in [0.2, 0.25) is 0 Å².